The first kappa shape index (κ1) is 10.2. The molecule has 0 aliphatic carbocycles. The van der Waals surface area contributed by atoms with Gasteiger partial charge in [-0.2, -0.15) is 0 Å². The molecule has 2 aromatic heterocycles. The van der Waals surface area contributed by atoms with Gasteiger partial charge >= 0.3 is 0 Å². The van der Waals surface area contributed by atoms with Gasteiger partial charge in [0.1, 0.15) is 11.9 Å². The fraction of sp³-hybridized carbons (Fsp3) is 0.111. The third kappa shape index (κ3) is 1.88. The van der Waals surface area contributed by atoms with Crippen LogP contribution < -0.4 is 0 Å². The zero-order valence-corrected chi connectivity index (χ0v) is 10.1. The summed E-state index contributed by atoms with van der Waals surface area (Å²) in [6.07, 6.45) is -0.753. The molecule has 1 atom stereocenters. The Bertz CT molecular complexity index is 437. The van der Waals surface area contributed by atoms with Gasteiger partial charge in [0.15, 0.2) is 5.22 Å². The molecule has 2 rings (SSSR count). The van der Waals surface area contributed by atoms with Crippen molar-refractivity contribution in [2.24, 2.45) is 0 Å². The number of aliphatic hydroxyl groups excluding tert-OH is 1. The lowest BCUT2D eigenvalue weighted by Crippen LogP contribution is -1.95. The van der Waals surface area contributed by atoms with Crippen LogP contribution in [0.3, 0.4) is 0 Å². The third-order valence-corrected chi connectivity index (χ3v) is 3.88. The van der Waals surface area contributed by atoms with Crippen molar-refractivity contribution in [3.05, 3.63) is 43.9 Å². The third-order valence-electron chi connectivity index (χ3n) is 1.76. The minimum Gasteiger partial charge on any atom is -0.447 e. The van der Waals surface area contributed by atoms with Gasteiger partial charge in [-0.25, -0.2) is 0 Å². The van der Waals surface area contributed by atoms with Crippen molar-refractivity contribution in [3.63, 3.8) is 0 Å². The lowest BCUT2D eigenvalue weighted by molar-refractivity contribution is 0.192. The highest BCUT2D eigenvalue weighted by molar-refractivity contribution is 9.10. The molecule has 2 heterocycles. The predicted molar refractivity (Wildman–Crippen MR) is 59.8 cm³/mol. The maximum atomic E-state index is 9.90. The van der Waals surface area contributed by atoms with Gasteiger partial charge in [0.2, 0.25) is 0 Å². The standard InChI is InChI=1S/C9H6BrClO2S/c10-5-3-4-14-9(5)8(12)6-1-2-7(11)13-6/h1-4,8,12H. The summed E-state index contributed by atoms with van der Waals surface area (Å²) in [7, 11) is 0. The molecule has 14 heavy (non-hydrogen) atoms. The van der Waals surface area contributed by atoms with Gasteiger partial charge < -0.3 is 9.52 Å². The van der Waals surface area contributed by atoms with Crippen LogP contribution in [-0.4, -0.2) is 5.11 Å². The van der Waals surface area contributed by atoms with E-state index in [1.165, 1.54) is 11.3 Å². The van der Waals surface area contributed by atoms with Crippen molar-refractivity contribution >= 4 is 38.9 Å². The molecule has 0 aliphatic heterocycles. The summed E-state index contributed by atoms with van der Waals surface area (Å²) >= 11 is 10.4. The predicted octanol–water partition coefficient (Wildman–Crippen LogP) is 3.84. The molecule has 0 spiro atoms. The van der Waals surface area contributed by atoms with Gasteiger partial charge in [0.05, 0.1) is 4.88 Å². The second-order valence-corrected chi connectivity index (χ2v) is 4.85. The van der Waals surface area contributed by atoms with Crippen LogP contribution in [0.15, 0.2) is 32.5 Å². The van der Waals surface area contributed by atoms with Crippen molar-refractivity contribution in [3.8, 4) is 0 Å². The van der Waals surface area contributed by atoms with Gasteiger partial charge in [-0.05, 0) is 51.1 Å². The Balaban J connectivity index is 2.33. The smallest absolute Gasteiger partial charge is 0.193 e. The number of hydrogen-bond donors (Lipinski definition) is 1. The van der Waals surface area contributed by atoms with E-state index < -0.39 is 6.10 Å². The molecule has 0 bridgehead atoms. The average molecular weight is 294 g/mol. The molecule has 0 radical (unpaired) electrons. The van der Waals surface area contributed by atoms with E-state index >= 15 is 0 Å². The second kappa shape index (κ2) is 4.06. The Labute approximate surface area is 98.3 Å². The number of rotatable bonds is 2. The summed E-state index contributed by atoms with van der Waals surface area (Å²) in [5.41, 5.74) is 0. The highest BCUT2D eigenvalue weighted by Gasteiger charge is 2.18. The van der Waals surface area contributed by atoms with Crippen LogP contribution in [0, 0.1) is 0 Å². The largest absolute Gasteiger partial charge is 0.447 e. The molecular formula is C9H6BrClO2S. The van der Waals surface area contributed by atoms with E-state index in [0.717, 1.165) is 9.35 Å². The quantitative estimate of drug-likeness (QED) is 0.912. The van der Waals surface area contributed by atoms with Crippen molar-refractivity contribution in [2.75, 3.05) is 0 Å². The molecule has 0 aliphatic rings. The minimum absolute atomic E-state index is 0.284. The van der Waals surface area contributed by atoms with Crippen molar-refractivity contribution < 1.29 is 9.52 Å². The normalized spacial score (nSPS) is 13.1. The summed E-state index contributed by atoms with van der Waals surface area (Å²) in [4.78, 5) is 0.816. The van der Waals surface area contributed by atoms with Crippen molar-refractivity contribution in [1.82, 2.24) is 0 Å². The molecule has 5 heteroatoms. The summed E-state index contributed by atoms with van der Waals surface area (Å²) in [6.45, 7) is 0. The topological polar surface area (TPSA) is 33.4 Å². The Morgan fingerprint density at radius 2 is 2.21 bits per heavy atom. The van der Waals surface area contributed by atoms with Crippen LogP contribution in [0.1, 0.15) is 16.7 Å². The highest BCUT2D eigenvalue weighted by Crippen LogP contribution is 2.34. The van der Waals surface area contributed by atoms with Crippen LogP contribution in [0.4, 0.5) is 0 Å². The van der Waals surface area contributed by atoms with Crippen LogP contribution >= 0.6 is 38.9 Å². The minimum atomic E-state index is -0.753. The molecule has 0 fully saturated rings. The summed E-state index contributed by atoms with van der Waals surface area (Å²) in [5, 5.41) is 12.1. The number of hydrogen-bond acceptors (Lipinski definition) is 3. The first-order chi connectivity index (χ1) is 6.68. The lowest BCUT2D eigenvalue weighted by Gasteiger charge is -2.05. The molecular weight excluding hydrogens is 288 g/mol. The van der Waals surface area contributed by atoms with Gasteiger partial charge in [-0.15, -0.1) is 11.3 Å². The fourth-order valence-corrected chi connectivity index (χ4v) is 2.84. The van der Waals surface area contributed by atoms with Crippen molar-refractivity contribution in [2.45, 2.75) is 6.10 Å². The monoisotopic (exact) mass is 292 g/mol. The van der Waals surface area contributed by atoms with Crippen LogP contribution in [-0.2, 0) is 0 Å². The molecule has 74 valence electrons. The molecule has 0 saturated carbocycles. The van der Waals surface area contributed by atoms with E-state index in [9.17, 15) is 5.11 Å². The number of aliphatic hydroxyl groups is 1. The summed E-state index contributed by atoms with van der Waals surface area (Å²) < 4.78 is 6.00. The number of halogens is 2. The van der Waals surface area contributed by atoms with E-state index in [-0.39, 0.29) is 5.22 Å². The molecule has 2 nitrogen and oxygen atoms in total. The van der Waals surface area contributed by atoms with Gasteiger partial charge in [0, 0.05) is 4.47 Å². The lowest BCUT2D eigenvalue weighted by atomic mass is 10.2. The highest BCUT2D eigenvalue weighted by atomic mass is 79.9. The molecule has 0 amide bonds. The Morgan fingerprint density at radius 3 is 2.71 bits per heavy atom. The molecule has 2 aromatic rings. The first-order valence-electron chi connectivity index (χ1n) is 3.84. The van der Waals surface area contributed by atoms with Crippen LogP contribution in [0.2, 0.25) is 5.22 Å². The van der Waals surface area contributed by atoms with Crippen LogP contribution in [0.25, 0.3) is 0 Å². The van der Waals surface area contributed by atoms with E-state index in [4.69, 9.17) is 16.0 Å². The zero-order valence-electron chi connectivity index (χ0n) is 6.91. The molecule has 0 saturated heterocycles. The fourth-order valence-electron chi connectivity index (χ4n) is 1.10. The first-order valence-corrected chi connectivity index (χ1v) is 5.89. The van der Waals surface area contributed by atoms with E-state index in [1.54, 1.807) is 12.1 Å². The Hall–Kier alpha value is -0.290. The van der Waals surface area contributed by atoms with Crippen molar-refractivity contribution in [1.29, 1.82) is 0 Å². The van der Waals surface area contributed by atoms with E-state index in [0.29, 0.717) is 5.76 Å². The molecule has 0 aromatic carbocycles. The molecule has 1 N–H and O–H groups in total. The van der Waals surface area contributed by atoms with Gasteiger partial charge in [-0.1, -0.05) is 0 Å². The molecule has 1 unspecified atom stereocenters. The average Bonchev–Trinajstić information content (AvgIpc) is 2.73. The Morgan fingerprint density at radius 1 is 1.43 bits per heavy atom. The van der Waals surface area contributed by atoms with E-state index in [1.807, 2.05) is 11.4 Å². The van der Waals surface area contributed by atoms with E-state index in [2.05, 4.69) is 15.9 Å². The van der Waals surface area contributed by atoms with Gasteiger partial charge in [-0.3, -0.25) is 0 Å². The SMILES string of the molecule is OC(c1ccc(Cl)o1)c1sccc1Br. The Kier molecular flexibility index (Phi) is 2.97. The second-order valence-electron chi connectivity index (χ2n) is 2.68. The maximum absolute atomic E-state index is 9.90. The zero-order chi connectivity index (χ0) is 10.1. The summed E-state index contributed by atoms with van der Waals surface area (Å²) in [6, 6.07) is 5.16. The van der Waals surface area contributed by atoms with Crippen LogP contribution in [0.5, 0.6) is 0 Å². The number of furan rings is 1. The summed E-state index contributed by atoms with van der Waals surface area (Å²) in [5.74, 6) is 0.457. The maximum Gasteiger partial charge on any atom is 0.193 e. The van der Waals surface area contributed by atoms with Gasteiger partial charge in [0.25, 0.3) is 0 Å². The number of thiophene rings is 1.